The topological polar surface area (TPSA) is 105 Å². The number of hydrogen-bond donors (Lipinski definition) is 1. The van der Waals surface area contributed by atoms with E-state index in [4.69, 9.17) is 9.47 Å². The van der Waals surface area contributed by atoms with Crippen molar-refractivity contribution in [3.63, 3.8) is 0 Å². The molecule has 0 fully saturated rings. The van der Waals surface area contributed by atoms with Gasteiger partial charge in [-0.15, -0.1) is 0 Å². The molecule has 0 radical (unpaired) electrons. The van der Waals surface area contributed by atoms with Gasteiger partial charge in [-0.3, -0.25) is 14.6 Å². The molecule has 0 unspecified atom stereocenters. The molecule has 3 rings (SSSR count). The molecule has 1 N–H and O–H groups in total. The summed E-state index contributed by atoms with van der Waals surface area (Å²) in [6.45, 7) is 4.51. The highest BCUT2D eigenvalue weighted by Gasteiger charge is 2.34. The largest absolute Gasteiger partial charge is 0.472 e. The van der Waals surface area contributed by atoms with Gasteiger partial charge in [-0.05, 0) is 30.7 Å². The van der Waals surface area contributed by atoms with Crippen molar-refractivity contribution in [3.8, 4) is 17.7 Å². The van der Waals surface area contributed by atoms with E-state index in [2.05, 4.69) is 21.8 Å². The average Bonchev–Trinajstić information content (AvgIpc) is 2.86. The van der Waals surface area contributed by atoms with Crippen LogP contribution in [0.15, 0.2) is 36.8 Å². The van der Waals surface area contributed by atoms with E-state index in [0.29, 0.717) is 18.7 Å². The van der Waals surface area contributed by atoms with E-state index in [9.17, 15) is 14.7 Å². The third-order valence-corrected chi connectivity index (χ3v) is 5.95. The van der Waals surface area contributed by atoms with Crippen LogP contribution in [0.4, 0.5) is 0 Å². The molecule has 0 aliphatic carbocycles. The zero-order valence-electron chi connectivity index (χ0n) is 20.6. The smallest absolute Gasteiger partial charge is 0.259 e. The van der Waals surface area contributed by atoms with Gasteiger partial charge in [-0.25, -0.2) is 4.98 Å². The molecular formula is C26H32N4O5. The number of nitrogens with zero attached hydrogens (tertiary/aromatic N) is 4. The number of aromatic nitrogens is 2. The zero-order valence-corrected chi connectivity index (χ0v) is 20.6. The second kappa shape index (κ2) is 12.3. The number of likely N-dealkylation sites (N-methyl/N-ethyl adjacent to an activating group) is 1. The first-order valence-electron chi connectivity index (χ1n) is 11.5. The lowest BCUT2D eigenvalue weighted by Crippen LogP contribution is -2.50. The second-order valence-electron chi connectivity index (χ2n) is 8.74. The minimum absolute atomic E-state index is 0.0531. The first-order chi connectivity index (χ1) is 16.8. The summed E-state index contributed by atoms with van der Waals surface area (Å²) < 4.78 is 11.2. The van der Waals surface area contributed by atoms with Crippen molar-refractivity contribution in [2.45, 2.75) is 32.4 Å². The van der Waals surface area contributed by atoms with Crippen LogP contribution >= 0.6 is 0 Å². The fourth-order valence-electron chi connectivity index (χ4n) is 3.78. The number of amides is 2. The Hall–Kier alpha value is -3.48. The number of aliphatic hydroxyl groups excluding tert-OH is 1. The van der Waals surface area contributed by atoms with Crippen LogP contribution in [-0.4, -0.2) is 89.3 Å². The van der Waals surface area contributed by atoms with E-state index >= 15 is 0 Å². The van der Waals surface area contributed by atoms with Gasteiger partial charge in [0.1, 0.15) is 18.3 Å². The van der Waals surface area contributed by atoms with Crippen LogP contribution in [0.2, 0.25) is 0 Å². The van der Waals surface area contributed by atoms with Crippen LogP contribution in [-0.2, 0) is 16.0 Å². The highest BCUT2D eigenvalue weighted by molar-refractivity contribution is 5.97. The summed E-state index contributed by atoms with van der Waals surface area (Å²) in [5, 5.41) is 9.79. The van der Waals surface area contributed by atoms with E-state index in [1.54, 1.807) is 55.5 Å². The molecule has 2 aromatic heterocycles. The fraction of sp³-hybridized carbons (Fsp3) is 0.462. The molecule has 3 atom stereocenters. The summed E-state index contributed by atoms with van der Waals surface area (Å²) in [7, 11) is 3.29. The van der Waals surface area contributed by atoms with E-state index < -0.39 is 12.1 Å². The Labute approximate surface area is 206 Å². The predicted molar refractivity (Wildman–Crippen MR) is 130 cm³/mol. The van der Waals surface area contributed by atoms with Crippen molar-refractivity contribution >= 4 is 11.8 Å². The van der Waals surface area contributed by atoms with Gasteiger partial charge in [0.25, 0.3) is 5.91 Å². The molecule has 186 valence electrons. The Morgan fingerprint density at radius 3 is 2.83 bits per heavy atom. The Kier molecular flexibility index (Phi) is 9.18. The lowest BCUT2D eigenvalue weighted by Gasteiger charge is -2.37. The fourth-order valence-corrected chi connectivity index (χ4v) is 3.78. The van der Waals surface area contributed by atoms with Crippen LogP contribution in [0.1, 0.15) is 35.3 Å². The van der Waals surface area contributed by atoms with Gasteiger partial charge < -0.3 is 24.4 Å². The number of carbonyl (C=O) groups is 2. The minimum Gasteiger partial charge on any atom is -0.472 e. The van der Waals surface area contributed by atoms with Gasteiger partial charge in [0.15, 0.2) is 0 Å². The number of fused-ring (bicyclic) bond motifs is 1. The molecule has 0 saturated heterocycles. The molecule has 9 nitrogen and oxygen atoms in total. The second-order valence-corrected chi connectivity index (χ2v) is 8.74. The molecule has 3 heterocycles. The maximum absolute atomic E-state index is 13.4. The number of aliphatic hydroxyl groups is 1. The molecule has 2 aromatic rings. The van der Waals surface area contributed by atoms with Crippen LogP contribution < -0.4 is 4.74 Å². The lowest BCUT2D eigenvalue weighted by atomic mass is 9.99. The zero-order chi connectivity index (χ0) is 25.4. The van der Waals surface area contributed by atoms with Crippen molar-refractivity contribution in [2.24, 2.45) is 5.92 Å². The molecule has 0 spiro atoms. The number of rotatable bonds is 7. The summed E-state index contributed by atoms with van der Waals surface area (Å²) in [6, 6.07) is 4.88. The number of ether oxygens (including phenoxy) is 2. The summed E-state index contributed by atoms with van der Waals surface area (Å²) >= 11 is 0. The molecule has 0 bridgehead atoms. The highest BCUT2D eigenvalue weighted by atomic mass is 16.5. The van der Waals surface area contributed by atoms with Crippen molar-refractivity contribution in [1.82, 2.24) is 19.8 Å². The monoisotopic (exact) mass is 480 g/mol. The Bertz CT molecular complexity index is 1080. The van der Waals surface area contributed by atoms with Gasteiger partial charge in [-0.2, -0.15) is 0 Å². The SMILES string of the molecule is COCC#Cc1cnc2c(c1)C(=O)N([C@H](C)CO)C[C@@H](C)[C@@H](CN(C)C(=O)Cc1ccncc1)O2. The number of carbonyl (C=O) groups excluding carboxylic acids is 2. The first kappa shape index (κ1) is 26.1. The predicted octanol–water partition coefficient (Wildman–Crippen LogP) is 1.40. The number of methoxy groups -OCH3 is 1. The molecule has 2 amide bonds. The van der Waals surface area contributed by atoms with E-state index in [0.717, 1.165) is 5.56 Å². The molecule has 9 heteroatoms. The number of hydrogen-bond acceptors (Lipinski definition) is 7. The van der Waals surface area contributed by atoms with Crippen molar-refractivity contribution < 1.29 is 24.2 Å². The Morgan fingerprint density at radius 2 is 2.14 bits per heavy atom. The van der Waals surface area contributed by atoms with E-state index in [1.807, 2.05) is 19.1 Å². The van der Waals surface area contributed by atoms with E-state index in [1.165, 1.54) is 0 Å². The summed E-state index contributed by atoms with van der Waals surface area (Å²) in [6.07, 6.45) is 4.71. The molecule has 1 aliphatic heterocycles. The molecule has 0 saturated carbocycles. The van der Waals surface area contributed by atoms with Crippen molar-refractivity contribution in [3.05, 3.63) is 53.5 Å². The summed E-state index contributed by atoms with van der Waals surface area (Å²) in [4.78, 5) is 37.9. The summed E-state index contributed by atoms with van der Waals surface area (Å²) in [5.41, 5.74) is 1.72. The van der Waals surface area contributed by atoms with Gasteiger partial charge in [0.2, 0.25) is 11.8 Å². The summed E-state index contributed by atoms with van der Waals surface area (Å²) in [5.74, 6) is 5.51. The van der Waals surface area contributed by atoms with Crippen LogP contribution in [0.5, 0.6) is 5.88 Å². The van der Waals surface area contributed by atoms with Crippen LogP contribution in [0.25, 0.3) is 0 Å². The third-order valence-electron chi connectivity index (χ3n) is 5.95. The maximum atomic E-state index is 13.4. The lowest BCUT2D eigenvalue weighted by molar-refractivity contribution is -0.130. The van der Waals surface area contributed by atoms with Crippen LogP contribution in [0.3, 0.4) is 0 Å². The van der Waals surface area contributed by atoms with E-state index in [-0.39, 0.29) is 48.8 Å². The minimum atomic E-state index is -0.417. The molecule has 1 aliphatic rings. The van der Waals surface area contributed by atoms with Crippen molar-refractivity contribution in [2.75, 3.05) is 40.5 Å². The molecular weight excluding hydrogens is 448 g/mol. The molecule has 35 heavy (non-hydrogen) atoms. The quantitative estimate of drug-likeness (QED) is 0.597. The normalized spacial score (nSPS) is 18.3. The van der Waals surface area contributed by atoms with Crippen molar-refractivity contribution in [1.29, 1.82) is 0 Å². The average molecular weight is 481 g/mol. The Morgan fingerprint density at radius 1 is 1.40 bits per heavy atom. The van der Waals surface area contributed by atoms with Gasteiger partial charge in [0, 0.05) is 50.8 Å². The molecule has 0 aromatic carbocycles. The van der Waals surface area contributed by atoms with Gasteiger partial charge in [0.05, 0.1) is 25.6 Å². The van der Waals surface area contributed by atoms with Gasteiger partial charge >= 0.3 is 0 Å². The Balaban J connectivity index is 1.87. The standard InChI is InChI=1S/C26H32N4O5/c1-18-15-30(19(2)17-31)26(33)22-12-21(6-5-11-34-4)14-28-25(22)35-23(18)16-29(3)24(32)13-20-7-9-27-10-8-20/h7-10,12,14,18-19,23,31H,11,13,15-17H2,1-4H3/t18-,19-,23-/m1/s1. The highest BCUT2D eigenvalue weighted by Crippen LogP contribution is 2.27. The van der Waals surface area contributed by atoms with Gasteiger partial charge in [-0.1, -0.05) is 18.8 Å². The van der Waals surface area contributed by atoms with Crippen LogP contribution in [0, 0.1) is 17.8 Å². The number of pyridine rings is 2. The maximum Gasteiger partial charge on any atom is 0.259 e. The third kappa shape index (κ3) is 6.78. The first-order valence-corrected chi connectivity index (χ1v) is 11.5.